The van der Waals surface area contributed by atoms with E-state index in [1.807, 2.05) is 0 Å². The largest absolute Gasteiger partial charge is 0.466 e. The van der Waals surface area contributed by atoms with Crippen LogP contribution in [-0.4, -0.2) is 32.0 Å². The van der Waals surface area contributed by atoms with E-state index in [-0.39, 0.29) is 22.1 Å². The molecule has 0 heterocycles. The fourth-order valence-electron chi connectivity index (χ4n) is 0. The van der Waals surface area contributed by atoms with Gasteiger partial charge in [0.05, 0.1) is 0 Å². The van der Waals surface area contributed by atoms with Crippen LogP contribution in [0.3, 0.4) is 0 Å². The zero-order valence-corrected chi connectivity index (χ0v) is 3.50. The molecule has 0 rings (SSSR count). The Balaban J connectivity index is -0.0000000800. The molecule has 0 atom stereocenters. The van der Waals surface area contributed by atoms with Crippen molar-refractivity contribution in [2.75, 3.05) is 0 Å². The molecule has 0 aliphatic rings. The quantitative estimate of drug-likeness (QED) is 0.275. The number of hydrogen-bond donors (Lipinski definition) is 3. The summed E-state index contributed by atoms with van der Waals surface area (Å²) in [6.45, 7) is 0. The van der Waals surface area contributed by atoms with Crippen LogP contribution in [0.1, 0.15) is 0 Å². The molecular weight excluding hydrogens is 141 g/mol. The fourth-order valence-corrected chi connectivity index (χ4v) is 0. The Morgan fingerprint density at radius 3 is 1.14 bits per heavy atom. The van der Waals surface area contributed by atoms with Gasteiger partial charge in [-0.25, -0.2) is 4.57 Å². The maximum absolute atomic E-state index is 8.88. The first-order valence-electron chi connectivity index (χ1n) is 0.783. The Labute approximate surface area is 49.9 Å². The van der Waals surface area contributed by atoms with E-state index in [2.05, 4.69) is 0 Å². The van der Waals surface area contributed by atoms with E-state index < -0.39 is 7.82 Å². The van der Waals surface area contributed by atoms with E-state index >= 15 is 0 Å². The maximum atomic E-state index is 8.88. The van der Waals surface area contributed by atoms with Crippen LogP contribution in [0.5, 0.6) is 0 Å². The van der Waals surface area contributed by atoms with Gasteiger partial charge in [-0.2, -0.15) is 0 Å². The van der Waals surface area contributed by atoms with Crippen molar-refractivity contribution in [1.29, 1.82) is 0 Å². The molecule has 0 radical (unpaired) electrons. The lowest BCUT2D eigenvalue weighted by Crippen LogP contribution is -1.66. The van der Waals surface area contributed by atoms with Gasteiger partial charge in [0, 0.05) is 0 Å². The lowest BCUT2D eigenvalue weighted by atomic mass is 15.8. The van der Waals surface area contributed by atoms with Crippen LogP contribution >= 0.6 is 7.82 Å². The second kappa shape index (κ2) is 4.72. The molecule has 7 heteroatoms. The summed E-state index contributed by atoms with van der Waals surface area (Å²) in [5, 5.41) is 0. The summed E-state index contributed by atoms with van der Waals surface area (Å²) >= 11 is 0. The van der Waals surface area contributed by atoms with Gasteiger partial charge < -0.3 is 14.7 Å². The van der Waals surface area contributed by atoms with Gasteiger partial charge in [-0.3, -0.25) is 4.70 Å². The Bertz CT molecular complexity index is 57.8. The standard InChI is InChI=1S/Al.FH.H3O4P.3H/c;;1-5(2,3)4;;;/h;1H;(H3,1,2,3,4);;;. The van der Waals surface area contributed by atoms with E-state index in [1.165, 1.54) is 0 Å². The first kappa shape index (κ1) is 15.6. The molecule has 46 valence electrons. The predicted molar refractivity (Wildman–Crippen MR) is 26.7 cm³/mol. The van der Waals surface area contributed by atoms with Gasteiger partial charge in [-0.1, -0.05) is 0 Å². The summed E-state index contributed by atoms with van der Waals surface area (Å²) in [5.41, 5.74) is 0. The predicted octanol–water partition coefficient (Wildman–Crippen LogP) is -1.96. The minimum atomic E-state index is -4.64. The van der Waals surface area contributed by atoms with E-state index in [9.17, 15) is 0 Å². The Morgan fingerprint density at radius 1 is 1.14 bits per heavy atom. The Kier molecular flexibility index (Phi) is 10.6. The molecule has 0 unspecified atom stereocenters. The van der Waals surface area contributed by atoms with Crippen molar-refractivity contribution in [1.82, 2.24) is 0 Å². The highest BCUT2D eigenvalue weighted by atomic mass is 31.2. The number of phosphoric acid groups is 1. The molecule has 0 amide bonds. The molecule has 0 aliphatic heterocycles. The van der Waals surface area contributed by atoms with Gasteiger partial charge >= 0.3 is 7.82 Å². The molecule has 7 heavy (non-hydrogen) atoms. The summed E-state index contributed by atoms with van der Waals surface area (Å²) in [5.74, 6) is 0. The van der Waals surface area contributed by atoms with Gasteiger partial charge in [-0.15, -0.1) is 0 Å². The van der Waals surface area contributed by atoms with Gasteiger partial charge in [0.15, 0.2) is 17.4 Å². The third kappa shape index (κ3) is 419. The van der Waals surface area contributed by atoms with Crippen molar-refractivity contribution in [2.24, 2.45) is 0 Å². The molecule has 0 aromatic rings. The molecule has 0 fully saturated rings. The van der Waals surface area contributed by atoms with E-state index in [0.29, 0.717) is 0 Å². The Morgan fingerprint density at radius 2 is 1.14 bits per heavy atom. The van der Waals surface area contributed by atoms with Gasteiger partial charge in [-0.05, 0) is 0 Å². The summed E-state index contributed by atoms with van der Waals surface area (Å²) in [7, 11) is -4.64. The third-order valence-electron chi connectivity index (χ3n) is 0. The van der Waals surface area contributed by atoms with Crippen LogP contribution in [0.2, 0.25) is 0 Å². The van der Waals surface area contributed by atoms with Crippen molar-refractivity contribution in [3.05, 3.63) is 0 Å². The van der Waals surface area contributed by atoms with E-state index in [1.54, 1.807) is 0 Å². The van der Waals surface area contributed by atoms with Crippen molar-refractivity contribution in [2.45, 2.75) is 0 Å². The second-order valence-electron chi connectivity index (χ2n) is 0.513. The van der Waals surface area contributed by atoms with E-state index in [0.717, 1.165) is 0 Å². The van der Waals surface area contributed by atoms with Crippen LogP contribution < -0.4 is 0 Å². The molecule has 0 saturated heterocycles. The zero-order chi connectivity index (χ0) is 4.50. The third-order valence-corrected chi connectivity index (χ3v) is 0. The van der Waals surface area contributed by atoms with Gasteiger partial charge in [0.2, 0.25) is 0 Å². The molecule has 0 bridgehead atoms. The van der Waals surface area contributed by atoms with Crippen LogP contribution in [-0.2, 0) is 4.57 Å². The first-order chi connectivity index (χ1) is 2.00. The molecular formula is H7AlFO4P. The van der Waals surface area contributed by atoms with Crippen molar-refractivity contribution < 1.29 is 23.9 Å². The maximum Gasteiger partial charge on any atom is 0.466 e. The SMILES string of the molecule is F.O=P(O)(O)O.[AlH3]. The fraction of sp³-hybridized carbons (Fsp3) is 0. The van der Waals surface area contributed by atoms with Crippen LogP contribution in [0.4, 0.5) is 4.70 Å². The highest BCUT2D eigenvalue weighted by Gasteiger charge is 2.00. The normalized spacial score (nSPS) is 8.43. The summed E-state index contributed by atoms with van der Waals surface area (Å²) < 4.78 is 8.88. The minimum absolute atomic E-state index is 0. The average molecular weight is 148 g/mol. The van der Waals surface area contributed by atoms with Crippen LogP contribution in [0, 0.1) is 0 Å². The molecule has 0 aromatic heterocycles. The molecule has 0 saturated carbocycles. The Hall–Kier alpha value is 0.572. The minimum Gasteiger partial charge on any atom is -0.303 e. The monoisotopic (exact) mass is 148 g/mol. The topological polar surface area (TPSA) is 77.8 Å². The number of hydrogen-bond acceptors (Lipinski definition) is 1. The van der Waals surface area contributed by atoms with Gasteiger partial charge in [0.25, 0.3) is 0 Å². The zero-order valence-electron chi connectivity index (χ0n) is 2.61. The average Bonchev–Trinajstić information content (AvgIpc) is 0.722. The van der Waals surface area contributed by atoms with Crippen molar-refractivity contribution in [3.63, 3.8) is 0 Å². The molecule has 0 aromatic carbocycles. The number of halogens is 1. The summed E-state index contributed by atoms with van der Waals surface area (Å²) in [6, 6.07) is 0. The van der Waals surface area contributed by atoms with Gasteiger partial charge in [0.1, 0.15) is 0 Å². The van der Waals surface area contributed by atoms with E-state index in [4.69, 9.17) is 19.2 Å². The van der Waals surface area contributed by atoms with Crippen molar-refractivity contribution >= 4 is 25.2 Å². The summed E-state index contributed by atoms with van der Waals surface area (Å²) in [4.78, 5) is 21.6. The molecule has 3 N–H and O–H groups in total. The lowest BCUT2D eigenvalue weighted by Gasteiger charge is -1.82. The first-order valence-corrected chi connectivity index (χ1v) is 2.35. The number of rotatable bonds is 0. The molecule has 0 spiro atoms. The highest BCUT2D eigenvalue weighted by molar-refractivity contribution is 7.45. The lowest BCUT2D eigenvalue weighted by molar-refractivity contribution is 0.275. The van der Waals surface area contributed by atoms with Crippen molar-refractivity contribution in [3.8, 4) is 0 Å². The highest BCUT2D eigenvalue weighted by Crippen LogP contribution is 2.25. The second-order valence-corrected chi connectivity index (χ2v) is 1.54. The van der Waals surface area contributed by atoms with Crippen LogP contribution in [0.25, 0.3) is 0 Å². The summed E-state index contributed by atoms with van der Waals surface area (Å²) in [6.07, 6.45) is 0. The molecule has 4 nitrogen and oxygen atoms in total. The molecule has 0 aliphatic carbocycles. The smallest absolute Gasteiger partial charge is 0.303 e. The van der Waals surface area contributed by atoms with Crippen LogP contribution in [0.15, 0.2) is 0 Å².